The first-order valence-electron chi connectivity index (χ1n) is 10.5. The summed E-state index contributed by atoms with van der Waals surface area (Å²) < 4.78 is 7.85. The van der Waals surface area contributed by atoms with Crippen LogP contribution in [0.2, 0.25) is 0 Å². The number of nitrogens with one attached hydrogen (secondary N) is 1. The molecule has 0 atom stereocenters. The third-order valence-corrected chi connectivity index (χ3v) is 5.65. The summed E-state index contributed by atoms with van der Waals surface area (Å²) in [6, 6.07) is 17.6. The Morgan fingerprint density at radius 3 is 2.59 bits per heavy atom. The molecule has 4 heterocycles. The number of para-hydroxylation sites is 2. The standard InChI is InChI=1S/C24H20N6O2/c31-24-21-10-26-23(16-6-2-1-3-7-16)30(21)13-17(27-24)12-29-14-18(15-29)32-22-11-25-19-8-4-5-9-20(19)28-22/h1-11,13,18H,12,14-15H2,(H,27,31). The van der Waals surface area contributed by atoms with Gasteiger partial charge in [0.1, 0.15) is 17.4 Å². The number of hydrogen-bond acceptors (Lipinski definition) is 6. The monoisotopic (exact) mass is 424 g/mol. The van der Waals surface area contributed by atoms with Crippen LogP contribution in [0.5, 0.6) is 5.88 Å². The first kappa shape index (κ1) is 18.7. The largest absolute Gasteiger partial charge is 0.471 e. The fourth-order valence-electron chi connectivity index (χ4n) is 4.07. The topological polar surface area (TPSA) is 88.4 Å². The lowest BCUT2D eigenvalue weighted by atomic mass is 10.1. The summed E-state index contributed by atoms with van der Waals surface area (Å²) in [7, 11) is 0. The van der Waals surface area contributed by atoms with Gasteiger partial charge in [0, 0.05) is 37.1 Å². The van der Waals surface area contributed by atoms with Gasteiger partial charge in [0.2, 0.25) is 5.88 Å². The Kier molecular flexibility index (Phi) is 4.43. The smallest absolute Gasteiger partial charge is 0.274 e. The van der Waals surface area contributed by atoms with Gasteiger partial charge < -0.3 is 9.72 Å². The molecule has 2 aromatic carbocycles. The predicted molar refractivity (Wildman–Crippen MR) is 120 cm³/mol. The third kappa shape index (κ3) is 3.40. The molecule has 32 heavy (non-hydrogen) atoms. The van der Waals surface area contributed by atoms with E-state index in [2.05, 4.69) is 24.8 Å². The molecule has 1 aliphatic heterocycles. The van der Waals surface area contributed by atoms with Crippen LogP contribution in [0.3, 0.4) is 0 Å². The Bertz CT molecular complexity index is 1470. The molecule has 0 saturated carbocycles. The average Bonchev–Trinajstić information content (AvgIpc) is 3.23. The Balaban J connectivity index is 1.16. The molecule has 0 bridgehead atoms. The van der Waals surface area contributed by atoms with Crippen LogP contribution in [-0.2, 0) is 6.54 Å². The van der Waals surface area contributed by atoms with Gasteiger partial charge in [-0.1, -0.05) is 42.5 Å². The van der Waals surface area contributed by atoms with Crippen molar-refractivity contribution in [3.8, 4) is 17.3 Å². The van der Waals surface area contributed by atoms with Crippen molar-refractivity contribution >= 4 is 16.6 Å². The number of hydrogen-bond donors (Lipinski definition) is 1. The van der Waals surface area contributed by atoms with Gasteiger partial charge in [-0.15, -0.1) is 0 Å². The van der Waals surface area contributed by atoms with E-state index in [0.717, 1.165) is 41.2 Å². The van der Waals surface area contributed by atoms with Gasteiger partial charge in [0.25, 0.3) is 5.56 Å². The van der Waals surface area contributed by atoms with Crippen LogP contribution >= 0.6 is 0 Å². The van der Waals surface area contributed by atoms with Crippen molar-refractivity contribution in [1.82, 2.24) is 29.2 Å². The molecule has 1 fully saturated rings. The van der Waals surface area contributed by atoms with E-state index in [0.29, 0.717) is 17.9 Å². The number of benzene rings is 2. The van der Waals surface area contributed by atoms with E-state index < -0.39 is 0 Å². The maximum absolute atomic E-state index is 12.6. The highest BCUT2D eigenvalue weighted by Gasteiger charge is 2.29. The fraction of sp³-hybridized carbons (Fsp3) is 0.167. The van der Waals surface area contributed by atoms with Crippen LogP contribution in [0.15, 0.2) is 78.0 Å². The van der Waals surface area contributed by atoms with E-state index >= 15 is 0 Å². The fourth-order valence-corrected chi connectivity index (χ4v) is 4.07. The SMILES string of the molecule is O=c1[nH]c(CN2CC(Oc3cnc4ccccc4n3)C2)cn2c(-c3ccccc3)ncc12. The Labute approximate surface area is 183 Å². The van der Waals surface area contributed by atoms with Gasteiger partial charge in [-0.25, -0.2) is 15.0 Å². The van der Waals surface area contributed by atoms with Crippen LogP contribution in [0.4, 0.5) is 0 Å². The van der Waals surface area contributed by atoms with Crippen molar-refractivity contribution < 1.29 is 4.74 Å². The maximum Gasteiger partial charge on any atom is 0.274 e. The highest BCUT2D eigenvalue weighted by atomic mass is 16.5. The Morgan fingerprint density at radius 1 is 0.969 bits per heavy atom. The van der Waals surface area contributed by atoms with Crippen molar-refractivity contribution in [3.05, 3.63) is 89.2 Å². The number of likely N-dealkylation sites (tertiary alicyclic amines) is 1. The van der Waals surface area contributed by atoms with Crippen LogP contribution in [0.25, 0.3) is 27.9 Å². The number of nitrogens with zero attached hydrogens (tertiary/aromatic N) is 5. The van der Waals surface area contributed by atoms with E-state index in [1.54, 1.807) is 12.4 Å². The number of rotatable bonds is 5. The van der Waals surface area contributed by atoms with E-state index in [-0.39, 0.29) is 11.7 Å². The van der Waals surface area contributed by atoms with Gasteiger partial charge in [-0.2, -0.15) is 0 Å². The Hall–Kier alpha value is -4.04. The molecule has 8 nitrogen and oxygen atoms in total. The van der Waals surface area contributed by atoms with Crippen LogP contribution in [0.1, 0.15) is 5.69 Å². The molecule has 5 aromatic rings. The maximum atomic E-state index is 12.6. The second kappa shape index (κ2) is 7.58. The van der Waals surface area contributed by atoms with E-state index in [1.165, 1.54) is 0 Å². The van der Waals surface area contributed by atoms with Gasteiger partial charge in [-0.05, 0) is 12.1 Å². The van der Waals surface area contributed by atoms with Crippen LogP contribution in [-0.4, -0.2) is 48.4 Å². The van der Waals surface area contributed by atoms with Gasteiger partial charge in [-0.3, -0.25) is 14.1 Å². The van der Waals surface area contributed by atoms with Crippen LogP contribution < -0.4 is 10.3 Å². The highest BCUT2D eigenvalue weighted by molar-refractivity contribution is 5.73. The molecular weight excluding hydrogens is 404 g/mol. The predicted octanol–water partition coefficient (Wildman–Crippen LogP) is 2.90. The lowest BCUT2D eigenvalue weighted by molar-refractivity contribution is 0.0110. The number of ether oxygens (including phenoxy) is 1. The number of aromatic nitrogens is 5. The number of H-pyrrole nitrogens is 1. The zero-order valence-electron chi connectivity index (χ0n) is 17.2. The van der Waals surface area contributed by atoms with Crippen molar-refractivity contribution in [2.75, 3.05) is 13.1 Å². The molecule has 0 amide bonds. The lowest BCUT2D eigenvalue weighted by Gasteiger charge is -2.38. The molecule has 0 spiro atoms. The third-order valence-electron chi connectivity index (χ3n) is 5.65. The molecule has 3 aromatic heterocycles. The van der Waals surface area contributed by atoms with Crippen molar-refractivity contribution in [1.29, 1.82) is 0 Å². The van der Waals surface area contributed by atoms with Gasteiger partial charge in [0.15, 0.2) is 0 Å². The second-order valence-corrected chi connectivity index (χ2v) is 7.94. The molecule has 0 aliphatic carbocycles. The molecule has 0 radical (unpaired) electrons. The van der Waals surface area contributed by atoms with Gasteiger partial charge in [0.05, 0.1) is 23.4 Å². The Morgan fingerprint density at radius 2 is 1.75 bits per heavy atom. The zero-order chi connectivity index (χ0) is 21.5. The first-order valence-corrected chi connectivity index (χ1v) is 10.5. The normalized spacial score (nSPS) is 14.6. The van der Waals surface area contributed by atoms with E-state index in [9.17, 15) is 4.79 Å². The summed E-state index contributed by atoms with van der Waals surface area (Å²) in [5, 5.41) is 0. The van der Waals surface area contributed by atoms with E-state index in [4.69, 9.17) is 4.74 Å². The molecule has 0 unspecified atom stereocenters. The zero-order valence-corrected chi connectivity index (χ0v) is 17.2. The number of imidazole rings is 1. The van der Waals surface area contributed by atoms with Crippen molar-refractivity contribution in [2.45, 2.75) is 12.6 Å². The highest BCUT2D eigenvalue weighted by Crippen LogP contribution is 2.21. The number of fused-ring (bicyclic) bond motifs is 2. The summed E-state index contributed by atoms with van der Waals surface area (Å²) in [6.07, 6.45) is 5.28. The summed E-state index contributed by atoms with van der Waals surface area (Å²) in [5.74, 6) is 1.29. The number of aromatic amines is 1. The van der Waals surface area contributed by atoms with Crippen LogP contribution in [0, 0.1) is 0 Å². The molecule has 1 aliphatic rings. The second-order valence-electron chi connectivity index (χ2n) is 7.94. The lowest BCUT2D eigenvalue weighted by Crippen LogP contribution is -2.53. The summed E-state index contributed by atoms with van der Waals surface area (Å²) >= 11 is 0. The average molecular weight is 424 g/mol. The quantitative estimate of drug-likeness (QED) is 0.467. The molecule has 1 N–H and O–H groups in total. The molecular formula is C24H20N6O2. The minimum atomic E-state index is -0.142. The minimum Gasteiger partial charge on any atom is -0.471 e. The molecule has 1 saturated heterocycles. The molecule has 8 heteroatoms. The van der Waals surface area contributed by atoms with Crippen molar-refractivity contribution in [2.24, 2.45) is 0 Å². The minimum absolute atomic E-state index is 0.0500. The molecule has 158 valence electrons. The van der Waals surface area contributed by atoms with Crippen molar-refractivity contribution in [3.63, 3.8) is 0 Å². The summed E-state index contributed by atoms with van der Waals surface area (Å²) in [6.45, 7) is 2.13. The summed E-state index contributed by atoms with van der Waals surface area (Å²) in [5.41, 5.74) is 3.87. The first-order chi connectivity index (χ1) is 15.7. The molecule has 6 rings (SSSR count). The summed E-state index contributed by atoms with van der Waals surface area (Å²) in [4.78, 5) is 31.1. The van der Waals surface area contributed by atoms with E-state index in [1.807, 2.05) is 65.2 Å². The van der Waals surface area contributed by atoms with Gasteiger partial charge >= 0.3 is 0 Å².